The molecule has 2 N–H and O–H groups in total. The molecule has 2 heterocycles. The first-order valence-electron chi connectivity index (χ1n) is 9.58. The maximum Gasteiger partial charge on any atom is 0.187 e. The van der Waals surface area contributed by atoms with Crippen LogP contribution in [-0.2, 0) is 4.74 Å². The van der Waals surface area contributed by atoms with Crippen molar-refractivity contribution in [3.05, 3.63) is 65.5 Å². The number of rotatable bonds is 5. The highest BCUT2D eigenvalue weighted by molar-refractivity contribution is 7.14. The summed E-state index contributed by atoms with van der Waals surface area (Å²) in [5.74, 6) is 0. The molecular weight excluding hydrogens is 370 g/mol. The molecule has 2 aliphatic carbocycles. The van der Waals surface area contributed by atoms with E-state index in [9.17, 15) is 0 Å². The zero-order chi connectivity index (χ0) is 19.8. The van der Waals surface area contributed by atoms with Crippen molar-refractivity contribution in [2.24, 2.45) is 0 Å². The number of thiazole rings is 1. The smallest absolute Gasteiger partial charge is 0.187 e. The summed E-state index contributed by atoms with van der Waals surface area (Å²) < 4.78 is 6.27. The molecule has 0 amide bonds. The highest BCUT2D eigenvalue weighted by atomic mass is 32.1. The molecule has 4 rings (SSSR count). The van der Waals surface area contributed by atoms with Crippen molar-refractivity contribution in [2.45, 2.75) is 44.8 Å². The van der Waals surface area contributed by atoms with Crippen LogP contribution >= 0.6 is 11.3 Å². The van der Waals surface area contributed by atoms with Gasteiger partial charge >= 0.3 is 0 Å². The second-order valence-electron chi connectivity index (χ2n) is 6.76. The minimum absolute atomic E-state index is 0.0656. The quantitative estimate of drug-likeness (QED) is 0.747. The number of aromatic nitrogens is 2. The fourth-order valence-electron chi connectivity index (χ4n) is 3.28. The Morgan fingerprint density at radius 3 is 2.79 bits per heavy atom. The average molecular weight is 398 g/mol. The van der Waals surface area contributed by atoms with Gasteiger partial charge in [0.2, 0.25) is 0 Å². The standard InChI is InChI=1S/C21H23N3OS.CH4O/c1-15-8-9-17(10-11-20(15)25-18-6-2-3-7-18)23-21-24-19(14-26-21)16-5-4-12-22-13-16;1-2/h4-5,8-14,18,20H,2-3,6-7H2,1H3,(H,23,24);2H,1H3. The molecule has 0 aromatic carbocycles. The Hall–Kier alpha value is -2.28. The first-order valence-corrected chi connectivity index (χ1v) is 10.5. The molecule has 2 aromatic heterocycles. The molecule has 5 nitrogen and oxygen atoms in total. The van der Waals surface area contributed by atoms with E-state index in [4.69, 9.17) is 9.84 Å². The summed E-state index contributed by atoms with van der Waals surface area (Å²) in [7, 11) is 1.00. The topological polar surface area (TPSA) is 67.3 Å². The molecule has 1 fully saturated rings. The van der Waals surface area contributed by atoms with Gasteiger partial charge in [0, 0.05) is 36.1 Å². The normalized spacial score (nSPS) is 19.3. The Morgan fingerprint density at radius 1 is 1.21 bits per heavy atom. The van der Waals surface area contributed by atoms with E-state index < -0.39 is 0 Å². The molecule has 0 saturated heterocycles. The summed E-state index contributed by atoms with van der Waals surface area (Å²) in [4.78, 5) is 8.82. The van der Waals surface area contributed by atoms with Crippen LogP contribution in [0.3, 0.4) is 0 Å². The number of hydrogen-bond donors (Lipinski definition) is 2. The molecular formula is C22H27N3O2S. The fourth-order valence-corrected chi connectivity index (χ4v) is 4.02. The lowest BCUT2D eigenvalue weighted by molar-refractivity contribution is 0.0362. The van der Waals surface area contributed by atoms with Gasteiger partial charge in [0.15, 0.2) is 5.13 Å². The number of allylic oxidation sites excluding steroid dienone is 3. The summed E-state index contributed by atoms with van der Waals surface area (Å²) in [6.45, 7) is 2.13. The number of nitrogens with one attached hydrogen (secondary N) is 1. The fraction of sp³-hybridized carbons (Fsp3) is 0.364. The summed E-state index contributed by atoms with van der Waals surface area (Å²) in [6, 6.07) is 3.95. The van der Waals surface area contributed by atoms with Crippen LogP contribution in [0.5, 0.6) is 0 Å². The van der Waals surface area contributed by atoms with Crippen LogP contribution in [0.4, 0.5) is 5.13 Å². The van der Waals surface area contributed by atoms with Gasteiger partial charge in [0.25, 0.3) is 0 Å². The van der Waals surface area contributed by atoms with E-state index in [2.05, 4.69) is 46.5 Å². The van der Waals surface area contributed by atoms with Gasteiger partial charge in [-0.05, 0) is 55.7 Å². The van der Waals surface area contributed by atoms with E-state index in [0.29, 0.717) is 6.10 Å². The molecule has 1 atom stereocenters. The monoisotopic (exact) mass is 397 g/mol. The van der Waals surface area contributed by atoms with Crippen LogP contribution in [0.25, 0.3) is 11.3 Å². The highest BCUT2D eigenvalue weighted by Crippen LogP contribution is 2.27. The first-order chi connectivity index (χ1) is 13.8. The van der Waals surface area contributed by atoms with Gasteiger partial charge in [0.1, 0.15) is 0 Å². The molecule has 0 radical (unpaired) electrons. The van der Waals surface area contributed by atoms with Gasteiger partial charge in [-0.3, -0.25) is 4.98 Å². The number of nitrogens with zero attached hydrogens (tertiary/aromatic N) is 2. The second kappa shape index (κ2) is 10.3. The Bertz CT molecular complexity index is 836. The van der Waals surface area contributed by atoms with Crippen molar-refractivity contribution in [3.8, 4) is 11.3 Å². The molecule has 2 aliphatic rings. The van der Waals surface area contributed by atoms with Crippen molar-refractivity contribution in [1.29, 1.82) is 0 Å². The van der Waals surface area contributed by atoms with Crippen LogP contribution in [0.2, 0.25) is 0 Å². The van der Waals surface area contributed by atoms with Gasteiger partial charge in [0.05, 0.1) is 17.9 Å². The third-order valence-corrected chi connectivity index (χ3v) is 5.54. The van der Waals surface area contributed by atoms with Crippen LogP contribution in [0.1, 0.15) is 32.6 Å². The van der Waals surface area contributed by atoms with Crippen molar-refractivity contribution in [3.63, 3.8) is 0 Å². The Balaban J connectivity index is 0.00000109. The zero-order valence-corrected chi connectivity index (χ0v) is 17.2. The van der Waals surface area contributed by atoms with Crippen LogP contribution in [0.15, 0.2) is 65.5 Å². The van der Waals surface area contributed by atoms with Gasteiger partial charge < -0.3 is 15.2 Å². The molecule has 1 saturated carbocycles. The van der Waals surface area contributed by atoms with Crippen molar-refractivity contribution >= 4 is 16.5 Å². The van der Waals surface area contributed by atoms with Gasteiger partial charge in [-0.25, -0.2) is 4.98 Å². The van der Waals surface area contributed by atoms with E-state index in [1.54, 1.807) is 17.5 Å². The van der Waals surface area contributed by atoms with Crippen LogP contribution in [-0.4, -0.2) is 34.4 Å². The summed E-state index contributed by atoms with van der Waals surface area (Å²) in [5, 5.41) is 13.3. The molecule has 6 heteroatoms. The minimum Gasteiger partial charge on any atom is -0.400 e. The molecule has 0 bridgehead atoms. The maximum absolute atomic E-state index is 7.00. The number of hydrogen-bond acceptors (Lipinski definition) is 6. The van der Waals surface area contributed by atoms with Gasteiger partial charge in [-0.2, -0.15) is 0 Å². The lowest BCUT2D eigenvalue weighted by atomic mass is 10.1. The molecule has 2 aromatic rings. The third kappa shape index (κ3) is 5.38. The van der Waals surface area contributed by atoms with Crippen LogP contribution < -0.4 is 5.32 Å². The number of anilines is 1. The molecule has 0 aliphatic heterocycles. The molecule has 148 valence electrons. The largest absolute Gasteiger partial charge is 0.400 e. The number of aliphatic hydroxyl groups is 1. The lowest BCUT2D eigenvalue weighted by Gasteiger charge is -2.19. The first kappa shape index (κ1) is 20.5. The lowest BCUT2D eigenvalue weighted by Crippen LogP contribution is -2.19. The summed E-state index contributed by atoms with van der Waals surface area (Å²) in [6.07, 6.45) is 17.5. The predicted octanol–water partition coefficient (Wildman–Crippen LogP) is 4.95. The SMILES string of the molecule is CC1=CC=C(Nc2nc(-c3cccnc3)cs2)C=CC1OC1CCCC1.CO. The van der Waals surface area contributed by atoms with E-state index >= 15 is 0 Å². The molecule has 0 spiro atoms. The summed E-state index contributed by atoms with van der Waals surface area (Å²) >= 11 is 1.60. The van der Waals surface area contributed by atoms with Crippen LogP contribution in [0, 0.1) is 0 Å². The average Bonchev–Trinajstić information content (AvgIpc) is 3.39. The Labute approximate surface area is 170 Å². The number of pyridine rings is 1. The minimum atomic E-state index is 0.0656. The van der Waals surface area contributed by atoms with E-state index in [1.165, 1.54) is 31.3 Å². The van der Waals surface area contributed by atoms with E-state index in [1.807, 2.05) is 23.7 Å². The van der Waals surface area contributed by atoms with E-state index in [-0.39, 0.29) is 6.10 Å². The predicted molar refractivity (Wildman–Crippen MR) is 115 cm³/mol. The zero-order valence-electron chi connectivity index (χ0n) is 16.3. The van der Waals surface area contributed by atoms with Crippen molar-refractivity contribution < 1.29 is 9.84 Å². The molecule has 28 heavy (non-hydrogen) atoms. The summed E-state index contributed by atoms with van der Waals surface area (Å²) in [5.41, 5.74) is 4.23. The Kier molecular flexibility index (Phi) is 7.54. The third-order valence-electron chi connectivity index (χ3n) is 4.78. The number of ether oxygens (including phenoxy) is 1. The number of aliphatic hydroxyl groups excluding tert-OH is 1. The van der Waals surface area contributed by atoms with Crippen molar-refractivity contribution in [1.82, 2.24) is 9.97 Å². The van der Waals surface area contributed by atoms with Crippen molar-refractivity contribution in [2.75, 3.05) is 12.4 Å². The second-order valence-corrected chi connectivity index (χ2v) is 7.62. The van der Waals surface area contributed by atoms with Gasteiger partial charge in [-0.15, -0.1) is 11.3 Å². The molecule has 1 unspecified atom stereocenters. The van der Waals surface area contributed by atoms with E-state index in [0.717, 1.165) is 29.2 Å². The Morgan fingerprint density at radius 2 is 2.04 bits per heavy atom. The maximum atomic E-state index is 7.00. The van der Waals surface area contributed by atoms with Gasteiger partial charge in [-0.1, -0.05) is 18.9 Å². The highest BCUT2D eigenvalue weighted by Gasteiger charge is 2.20.